The van der Waals surface area contributed by atoms with E-state index in [1.54, 1.807) is 24.3 Å². The lowest BCUT2D eigenvalue weighted by molar-refractivity contribution is -0.143. The molecule has 1 aliphatic rings. The lowest BCUT2D eigenvalue weighted by Crippen LogP contribution is -2.25. The van der Waals surface area contributed by atoms with Gasteiger partial charge in [0.2, 0.25) is 0 Å². The summed E-state index contributed by atoms with van der Waals surface area (Å²) in [6, 6.07) is 13.7. The van der Waals surface area contributed by atoms with Crippen LogP contribution in [0.4, 0.5) is 26.3 Å². The molecule has 0 radical (unpaired) electrons. The number of alkyl halides is 6. The Morgan fingerprint density at radius 2 is 1.62 bits per heavy atom. The zero-order valence-corrected chi connectivity index (χ0v) is 24.8. The molecule has 13 heteroatoms. The van der Waals surface area contributed by atoms with Gasteiger partial charge in [-0.25, -0.2) is 10.1 Å². The number of fused-ring (bicyclic) bond motifs is 1. The third-order valence-electron chi connectivity index (χ3n) is 6.61. The predicted octanol–water partition coefficient (Wildman–Crippen LogP) is 8.30. The van der Waals surface area contributed by atoms with Gasteiger partial charge in [0.25, 0.3) is 5.91 Å². The fourth-order valence-electron chi connectivity index (χ4n) is 4.57. The van der Waals surface area contributed by atoms with Gasteiger partial charge in [0.1, 0.15) is 18.8 Å². The summed E-state index contributed by atoms with van der Waals surface area (Å²) in [5.74, 6) is -0.932. The van der Waals surface area contributed by atoms with Gasteiger partial charge in [0.05, 0.1) is 11.1 Å². The fraction of sp³-hybridized carbons (Fsp3) is 0.241. The molecule has 0 bridgehead atoms. The van der Waals surface area contributed by atoms with Gasteiger partial charge in [-0.05, 0) is 106 Å². The average molecular weight is 721 g/mol. The molecule has 4 rings (SSSR count). The van der Waals surface area contributed by atoms with Crippen LogP contribution in [-0.2, 0) is 41.2 Å². The molecule has 3 aromatic carbocycles. The standard InChI is InChI=1S/C29H23F6INO4P/c30-28(31,32)22-12-19(13-23(15-22)29(33,34)35)11-21-7-6-20-14-24(8-9-25(20)27(21)39)40-16-18-3-1-17(2-4-18)5-10-26(38)37-41-42-36/h1-5,8-10,12-15,21,42H,6-7,11,16H2,(H,37,38)/b10-5+. The van der Waals surface area contributed by atoms with E-state index in [-0.39, 0.29) is 49.2 Å². The Kier molecular flexibility index (Phi) is 10.3. The Morgan fingerprint density at radius 3 is 2.24 bits per heavy atom. The Labute approximate surface area is 252 Å². The highest BCUT2D eigenvalue weighted by atomic mass is 127. The van der Waals surface area contributed by atoms with Gasteiger partial charge in [0, 0.05) is 17.6 Å². The van der Waals surface area contributed by atoms with E-state index < -0.39 is 29.4 Å². The number of carbonyl (C=O) groups excluding carboxylic acids is 2. The zero-order chi connectivity index (χ0) is 30.5. The number of benzene rings is 3. The number of hydrogen-bond donors (Lipinski definition) is 1. The molecule has 3 aromatic rings. The highest BCUT2D eigenvalue weighted by molar-refractivity contribution is 14.2. The Hall–Kier alpha value is -2.96. The van der Waals surface area contributed by atoms with Crippen LogP contribution in [0.1, 0.15) is 50.2 Å². The topological polar surface area (TPSA) is 64.6 Å². The van der Waals surface area contributed by atoms with Gasteiger partial charge in [-0.15, -0.1) is 0 Å². The zero-order valence-electron chi connectivity index (χ0n) is 21.6. The smallest absolute Gasteiger partial charge is 0.416 e. The third kappa shape index (κ3) is 8.54. The summed E-state index contributed by atoms with van der Waals surface area (Å²) in [6.45, 7) is 0.345. The van der Waals surface area contributed by atoms with Crippen LogP contribution in [0, 0.1) is 5.92 Å². The second-order valence-electron chi connectivity index (χ2n) is 9.55. The molecule has 0 spiro atoms. The second kappa shape index (κ2) is 13.6. The average Bonchev–Trinajstić information content (AvgIpc) is 2.94. The van der Waals surface area contributed by atoms with E-state index in [0.29, 0.717) is 35.4 Å². The van der Waals surface area contributed by atoms with Crippen LogP contribution in [-0.4, -0.2) is 11.7 Å². The lowest BCUT2D eigenvalue weighted by Gasteiger charge is -2.24. The number of halogens is 7. The molecule has 1 aliphatic carbocycles. The number of Topliss-reactive ketones (excluding diaryl/α,β-unsaturated/α-hetero) is 1. The molecule has 0 heterocycles. The van der Waals surface area contributed by atoms with Crippen LogP contribution < -0.4 is 10.2 Å². The maximum atomic E-state index is 13.2. The van der Waals surface area contributed by atoms with Gasteiger partial charge in [0.15, 0.2) is 5.78 Å². The van der Waals surface area contributed by atoms with Crippen molar-refractivity contribution < 1.29 is 45.3 Å². The monoisotopic (exact) mass is 721 g/mol. The van der Waals surface area contributed by atoms with Crippen molar-refractivity contribution in [1.82, 2.24) is 5.48 Å². The van der Waals surface area contributed by atoms with Crippen molar-refractivity contribution in [1.29, 1.82) is 0 Å². The maximum Gasteiger partial charge on any atom is 0.416 e. The van der Waals surface area contributed by atoms with E-state index >= 15 is 0 Å². The third-order valence-corrected chi connectivity index (χ3v) is 7.45. The van der Waals surface area contributed by atoms with E-state index in [2.05, 4.69) is 5.48 Å². The number of nitrogens with one attached hydrogen (secondary N) is 1. The van der Waals surface area contributed by atoms with Crippen molar-refractivity contribution in [3.8, 4) is 5.75 Å². The molecule has 42 heavy (non-hydrogen) atoms. The van der Waals surface area contributed by atoms with Crippen LogP contribution >= 0.6 is 28.5 Å². The SMILES string of the molecule is O=C(/C=C/c1ccc(COc2ccc3c(c2)CCC(Cc2cc(C(F)(F)F)cc(C(F)(F)F)c2)C3=O)cc1)NOPI. The summed E-state index contributed by atoms with van der Waals surface area (Å²) in [5.41, 5.74) is 2.04. The predicted molar refractivity (Wildman–Crippen MR) is 154 cm³/mol. The van der Waals surface area contributed by atoms with Gasteiger partial charge in [-0.3, -0.25) is 9.59 Å². The highest BCUT2D eigenvalue weighted by Crippen LogP contribution is 2.38. The molecule has 0 saturated heterocycles. The minimum atomic E-state index is -4.95. The largest absolute Gasteiger partial charge is 0.489 e. The molecule has 0 saturated carbocycles. The van der Waals surface area contributed by atoms with Crippen molar-refractivity contribution in [2.24, 2.45) is 5.92 Å². The molecule has 0 aromatic heterocycles. The molecular weight excluding hydrogens is 698 g/mol. The van der Waals surface area contributed by atoms with Gasteiger partial charge < -0.3 is 4.74 Å². The van der Waals surface area contributed by atoms with Crippen LogP contribution in [0.15, 0.2) is 66.7 Å². The molecule has 5 nitrogen and oxygen atoms in total. The molecular formula is C29H23F6INO4P. The molecule has 1 N–H and O–H groups in total. The van der Waals surface area contributed by atoms with Gasteiger partial charge in [-0.1, -0.05) is 24.3 Å². The van der Waals surface area contributed by atoms with E-state index in [9.17, 15) is 35.9 Å². The van der Waals surface area contributed by atoms with E-state index in [1.165, 1.54) is 6.08 Å². The van der Waals surface area contributed by atoms with Crippen molar-refractivity contribution in [2.45, 2.75) is 38.2 Å². The molecule has 1 amide bonds. The number of ketones is 1. The molecule has 0 fully saturated rings. The van der Waals surface area contributed by atoms with Crippen molar-refractivity contribution in [3.63, 3.8) is 0 Å². The number of amides is 1. The van der Waals surface area contributed by atoms with Crippen LogP contribution in [0.25, 0.3) is 6.08 Å². The first-order chi connectivity index (χ1) is 19.8. The Bertz CT molecular complexity index is 1440. The first-order valence-corrected chi connectivity index (χ1v) is 16.5. The van der Waals surface area contributed by atoms with Crippen molar-refractivity contribution in [3.05, 3.63) is 106 Å². The number of ether oxygens (including phenoxy) is 1. The summed E-state index contributed by atoms with van der Waals surface area (Å²) < 4.78 is 90.1. The van der Waals surface area contributed by atoms with E-state index in [1.807, 2.05) is 46.3 Å². The number of hydroxylamine groups is 1. The number of rotatable bonds is 9. The second-order valence-corrected chi connectivity index (χ2v) is 11.2. The van der Waals surface area contributed by atoms with E-state index in [4.69, 9.17) is 9.36 Å². The van der Waals surface area contributed by atoms with Crippen LogP contribution in [0.3, 0.4) is 0 Å². The number of aryl methyl sites for hydroxylation is 1. The van der Waals surface area contributed by atoms with Gasteiger partial charge >= 0.3 is 12.4 Å². The molecule has 0 aliphatic heterocycles. The summed E-state index contributed by atoms with van der Waals surface area (Å²) in [5, 5.41) is 0. The van der Waals surface area contributed by atoms with Crippen LogP contribution in [0.5, 0.6) is 5.75 Å². The quantitative estimate of drug-likeness (QED) is 0.0795. The number of hydrogen-bond acceptors (Lipinski definition) is 4. The summed E-state index contributed by atoms with van der Waals surface area (Å²) in [6.07, 6.45) is -6.44. The molecule has 222 valence electrons. The van der Waals surface area contributed by atoms with Crippen molar-refractivity contribution in [2.75, 3.05) is 0 Å². The Morgan fingerprint density at radius 1 is 0.952 bits per heavy atom. The van der Waals surface area contributed by atoms with Crippen molar-refractivity contribution >= 4 is 46.3 Å². The molecule has 2 unspecified atom stereocenters. The fourth-order valence-corrected chi connectivity index (χ4v) is 5.04. The lowest BCUT2D eigenvalue weighted by atomic mass is 9.79. The van der Waals surface area contributed by atoms with E-state index in [0.717, 1.165) is 11.1 Å². The maximum absolute atomic E-state index is 13.2. The first kappa shape index (κ1) is 32.0. The summed E-state index contributed by atoms with van der Waals surface area (Å²) in [7, 11) is 0. The summed E-state index contributed by atoms with van der Waals surface area (Å²) in [4.78, 5) is 24.7. The molecule has 2 atom stereocenters. The number of carbonyl (C=O) groups is 2. The minimum absolute atomic E-state index is 0.0831. The minimum Gasteiger partial charge on any atom is -0.489 e. The van der Waals surface area contributed by atoms with Gasteiger partial charge in [-0.2, -0.15) is 26.3 Å². The first-order valence-electron chi connectivity index (χ1n) is 12.5. The summed E-state index contributed by atoms with van der Waals surface area (Å²) >= 11 is 1.98. The normalized spacial score (nSPS) is 15.8. The van der Waals surface area contributed by atoms with Crippen LogP contribution in [0.2, 0.25) is 0 Å². The Balaban J connectivity index is 1.39. The highest BCUT2D eigenvalue weighted by Gasteiger charge is 2.37.